The van der Waals surface area contributed by atoms with Crippen molar-refractivity contribution in [2.24, 2.45) is 5.92 Å². The molecule has 17 heavy (non-hydrogen) atoms. The third-order valence-electron chi connectivity index (χ3n) is 5.71. The van der Waals surface area contributed by atoms with Crippen LogP contribution in [0.1, 0.15) is 58.8 Å². The Morgan fingerprint density at radius 1 is 1.29 bits per heavy atom. The minimum absolute atomic E-state index is 0.689. The average Bonchev–Trinajstić information content (AvgIpc) is 2.23. The van der Waals surface area contributed by atoms with Crippen LogP contribution in [0.5, 0.6) is 0 Å². The molecule has 0 radical (unpaired) electrons. The molecule has 2 rings (SSSR count). The topological polar surface area (TPSA) is 0 Å². The average molecular weight is 251 g/mol. The molecule has 0 N–H and O–H groups in total. The van der Waals surface area contributed by atoms with Crippen LogP contribution in [0.25, 0.3) is 0 Å². The van der Waals surface area contributed by atoms with Crippen molar-refractivity contribution >= 4 is 8.07 Å². The molecule has 0 bridgehead atoms. The fraction of sp³-hybridized carbons (Fsp3) is 0.875. The summed E-state index contributed by atoms with van der Waals surface area (Å²) in [5.74, 6) is 0.843. The highest BCUT2D eigenvalue weighted by Crippen LogP contribution is 2.54. The normalized spacial score (nSPS) is 37.6. The molecule has 0 spiro atoms. The Balaban J connectivity index is 2.10. The summed E-state index contributed by atoms with van der Waals surface area (Å²) >= 11 is 0. The third-order valence-corrected chi connectivity index (χ3v) is 11.0. The lowest BCUT2D eigenvalue weighted by Crippen LogP contribution is -2.43. The maximum absolute atomic E-state index is 2.64. The van der Waals surface area contributed by atoms with Gasteiger partial charge in [0.1, 0.15) is 0 Å². The van der Waals surface area contributed by atoms with Gasteiger partial charge in [-0.25, -0.2) is 0 Å². The Bertz CT molecular complexity index is 303. The first-order chi connectivity index (χ1) is 7.93. The van der Waals surface area contributed by atoms with E-state index in [1.54, 1.807) is 11.6 Å². The van der Waals surface area contributed by atoms with E-state index in [1.807, 2.05) is 0 Å². The molecule has 0 saturated carbocycles. The van der Waals surface area contributed by atoms with Gasteiger partial charge in [0.15, 0.2) is 0 Å². The molecule has 2 atom stereocenters. The van der Waals surface area contributed by atoms with E-state index in [0.29, 0.717) is 5.04 Å². The number of hydrogen-bond donors (Lipinski definition) is 0. The van der Waals surface area contributed by atoms with Crippen LogP contribution >= 0.6 is 0 Å². The van der Waals surface area contributed by atoms with E-state index >= 15 is 0 Å². The van der Waals surface area contributed by atoms with E-state index < -0.39 is 8.07 Å². The molecule has 0 aromatic heterocycles. The highest BCUT2D eigenvalue weighted by Gasteiger charge is 2.44. The Labute approximate surface area is 109 Å². The summed E-state index contributed by atoms with van der Waals surface area (Å²) in [6, 6.07) is 1.56. The van der Waals surface area contributed by atoms with E-state index in [9.17, 15) is 0 Å². The second kappa shape index (κ2) is 4.91. The lowest BCUT2D eigenvalue weighted by atomic mass is 9.85. The van der Waals surface area contributed by atoms with Crippen LogP contribution in [0.2, 0.25) is 24.2 Å². The van der Waals surface area contributed by atoms with Crippen molar-refractivity contribution in [3.8, 4) is 0 Å². The summed E-state index contributed by atoms with van der Waals surface area (Å²) in [6.45, 7) is 10.3. The molecular weight excluding hydrogens is 220 g/mol. The van der Waals surface area contributed by atoms with Gasteiger partial charge >= 0.3 is 0 Å². The van der Waals surface area contributed by atoms with E-state index in [0.717, 1.165) is 5.92 Å². The van der Waals surface area contributed by atoms with Crippen molar-refractivity contribution in [3.63, 3.8) is 0 Å². The van der Waals surface area contributed by atoms with Crippen molar-refractivity contribution in [1.29, 1.82) is 0 Å². The zero-order valence-electron chi connectivity index (χ0n) is 12.3. The van der Waals surface area contributed by atoms with E-state index in [2.05, 4.69) is 33.0 Å². The van der Waals surface area contributed by atoms with Gasteiger partial charge in [-0.05, 0) is 43.1 Å². The Hall–Kier alpha value is -0.0431. The van der Waals surface area contributed by atoms with Crippen molar-refractivity contribution in [3.05, 3.63) is 11.6 Å². The zero-order valence-corrected chi connectivity index (χ0v) is 13.3. The van der Waals surface area contributed by atoms with Gasteiger partial charge in [-0.1, -0.05) is 57.5 Å². The molecule has 2 unspecified atom stereocenters. The first-order valence-electron chi connectivity index (χ1n) is 7.63. The van der Waals surface area contributed by atoms with Crippen LogP contribution in [0.15, 0.2) is 11.6 Å². The number of hydrogen-bond acceptors (Lipinski definition) is 0. The standard InChI is InChI=1S/C16H30Si/c1-14-8-7-9-15(12-14)13-16(2)10-5-6-11-17(16,3)4/h12,14H,5-11,13H2,1-4H3. The second-order valence-electron chi connectivity index (χ2n) is 7.52. The van der Waals surface area contributed by atoms with Crippen molar-refractivity contribution in [2.45, 2.75) is 83.0 Å². The van der Waals surface area contributed by atoms with Gasteiger partial charge in [0.05, 0.1) is 8.07 Å². The molecule has 1 heteroatoms. The molecule has 2 aliphatic rings. The molecule has 1 aliphatic carbocycles. The molecule has 1 aliphatic heterocycles. The fourth-order valence-corrected chi connectivity index (χ4v) is 7.22. The van der Waals surface area contributed by atoms with Gasteiger partial charge in [-0.2, -0.15) is 0 Å². The Morgan fingerprint density at radius 3 is 2.71 bits per heavy atom. The van der Waals surface area contributed by atoms with Crippen LogP contribution in [-0.4, -0.2) is 8.07 Å². The lowest BCUT2D eigenvalue weighted by molar-refractivity contribution is 0.450. The van der Waals surface area contributed by atoms with E-state index in [-0.39, 0.29) is 0 Å². The molecule has 1 heterocycles. The molecule has 0 amide bonds. The molecule has 0 aromatic carbocycles. The molecule has 0 nitrogen and oxygen atoms in total. The fourth-order valence-electron chi connectivity index (χ4n) is 3.92. The summed E-state index contributed by atoms with van der Waals surface area (Å²) in [5.41, 5.74) is 1.80. The molecule has 98 valence electrons. The van der Waals surface area contributed by atoms with Gasteiger partial charge in [0.2, 0.25) is 0 Å². The highest BCUT2D eigenvalue weighted by atomic mass is 28.3. The first kappa shape index (κ1) is 13.4. The van der Waals surface area contributed by atoms with Gasteiger partial charge in [-0.15, -0.1) is 0 Å². The summed E-state index contributed by atoms with van der Waals surface area (Å²) in [7, 11) is -0.991. The van der Waals surface area contributed by atoms with Crippen LogP contribution < -0.4 is 0 Å². The van der Waals surface area contributed by atoms with Gasteiger partial charge < -0.3 is 0 Å². The largest absolute Gasteiger partial charge is 0.0825 e. The maximum Gasteiger partial charge on any atom is 0.0536 e. The SMILES string of the molecule is CC1C=C(CC2(C)CCCC[Si]2(C)C)CCC1. The second-order valence-corrected chi connectivity index (χ2v) is 13.0. The van der Waals surface area contributed by atoms with E-state index in [4.69, 9.17) is 0 Å². The first-order valence-corrected chi connectivity index (χ1v) is 10.8. The molecule has 1 fully saturated rings. The van der Waals surface area contributed by atoms with Crippen molar-refractivity contribution < 1.29 is 0 Å². The maximum atomic E-state index is 2.64. The quantitative estimate of drug-likeness (QED) is 0.431. The third kappa shape index (κ3) is 2.86. The van der Waals surface area contributed by atoms with Gasteiger partial charge in [0, 0.05) is 0 Å². The number of allylic oxidation sites excluding steroid dienone is 2. The Kier molecular flexibility index (Phi) is 3.87. The van der Waals surface area contributed by atoms with Crippen molar-refractivity contribution in [2.75, 3.05) is 0 Å². The van der Waals surface area contributed by atoms with Gasteiger partial charge in [-0.3, -0.25) is 0 Å². The summed E-state index contributed by atoms with van der Waals surface area (Å²) < 4.78 is 0. The molecule has 0 aromatic rings. The molecular formula is C16H30Si. The van der Waals surface area contributed by atoms with Crippen molar-refractivity contribution in [1.82, 2.24) is 0 Å². The zero-order chi connectivity index (χ0) is 12.5. The van der Waals surface area contributed by atoms with Crippen LogP contribution in [0.3, 0.4) is 0 Å². The summed E-state index contributed by atoms with van der Waals surface area (Å²) in [5, 5.41) is 0.689. The summed E-state index contributed by atoms with van der Waals surface area (Å²) in [6.07, 6.45) is 12.8. The van der Waals surface area contributed by atoms with Crippen LogP contribution in [-0.2, 0) is 0 Å². The van der Waals surface area contributed by atoms with Crippen LogP contribution in [0.4, 0.5) is 0 Å². The smallest absolute Gasteiger partial charge is 0.0536 e. The highest BCUT2D eigenvalue weighted by molar-refractivity contribution is 6.80. The monoisotopic (exact) mass is 250 g/mol. The van der Waals surface area contributed by atoms with Crippen LogP contribution in [0, 0.1) is 5.92 Å². The predicted octanol–water partition coefficient (Wildman–Crippen LogP) is 5.78. The minimum atomic E-state index is -0.991. The molecule has 1 saturated heterocycles. The van der Waals surface area contributed by atoms with E-state index in [1.165, 1.54) is 44.9 Å². The lowest BCUT2D eigenvalue weighted by Gasteiger charge is -2.48. The predicted molar refractivity (Wildman–Crippen MR) is 80.2 cm³/mol. The minimum Gasteiger partial charge on any atom is -0.0825 e. The Morgan fingerprint density at radius 2 is 2.06 bits per heavy atom. The summed E-state index contributed by atoms with van der Waals surface area (Å²) in [4.78, 5) is 0. The number of rotatable bonds is 2. The van der Waals surface area contributed by atoms with Gasteiger partial charge in [0.25, 0.3) is 0 Å².